The van der Waals surface area contributed by atoms with E-state index < -0.39 is 11.3 Å². The van der Waals surface area contributed by atoms with E-state index in [4.69, 9.17) is 21.4 Å². The molecule has 0 aliphatic heterocycles. The van der Waals surface area contributed by atoms with Crippen LogP contribution in [0.3, 0.4) is 0 Å². The number of aryl methyl sites for hydroxylation is 1. The van der Waals surface area contributed by atoms with Gasteiger partial charge in [-0.15, -0.1) is 0 Å². The molecule has 28 heavy (non-hydrogen) atoms. The lowest BCUT2D eigenvalue weighted by Crippen LogP contribution is -2.29. The molecule has 0 bridgehead atoms. The van der Waals surface area contributed by atoms with Crippen LogP contribution in [0, 0.1) is 0 Å². The molecule has 0 aliphatic carbocycles. The number of ether oxygens (including phenoxy) is 1. The molecule has 0 fully saturated rings. The number of halogens is 1. The Kier molecular flexibility index (Phi) is 6.34. The summed E-state index contributed by atoms with van der Waals surface area (Å²) in [5.74, 6) is -0.398. The predicted octanol–water partition coefficient (Wildman–Crippen LogP) is 3.05. The number of nitrogens with one attached hydrogen (secondary N) is 2. The Morgan fingerprint density at radius 2 is 1.89 bits per heavy atom. The number of amides is 1. The highest BCUT2D eigenvalue weighted by Gasteiger charge is 2.20. The first-order chi connectivity index (χ1) is 13.5. The van der Waals surface area contributed by atoms with Crippen LogP contribution in [-0.2, 0) is 13.0 Å². The normalized spacial score (nSPS) is 10.8. The molecule has 0 atom stereocenters. The van der Waals surface area contributed by atoms with Gasteiger partial charge in [0.2, 0.25) is 11.3 Å². The molecule has 0 saturated heterocycles. The van der Waals surface area contributed by atoms with Crippen LogP contribution in [0.25, 0.3) is 10.9 Å². The fourth-order valence-corrected chi connectivity index (χ4v) is 3.11. The topological polar surface area (TPSA) is 91.4 Å². The van der Waals surface area contributed by atoms with Crippen LogP contribution in [0.15, 0.2) is 47.3 Å². The molecule has 3 N–H and O–H groups in total. The molecular weight excluding hydrogens is 380 g/mol. The fourth-order valence-electron chi connectivity index (χ4n) is 2.98. The van der Waals surface area contributed by atoms with E-state index >= 15 is 0 Å². The lowest BCUT2D eigenvalue weighted by molar-refractivity contribution is 0.0946. The highest BCUT2D eigenvalue weighted by molar-refractivity contribution is 6.30. The summed E-state index contributed by atoms with van der Waals surface area (Å²) >= 11 is 5.87. The maximum Gasteiger partial charge on any atom is 0.261 e. The second kappa shape index (κ2) is 8.91. The van der Waals surface area contributed by atoms with Crippen molar-refractivity contribution in [2.45, 2.75) is 19.4 Å². The molecule has 7 heteroatoms. The Hall–Kier alpha value is -2.83. The number of carbonyl (C=O) groups excluding carboxylic acids is 1. The summed E-state index contributed by atoms with van der Waals surface area (Å²) in [7, 11) is 1.41. The first-order valence-electron chi connectivity index (χ1n) is 8.90. The van der Waals surface area contributed by atoms with Gasteiger partial charge in [-0.1, -0.05) is 29.8 Å². The van der Waals surface area contributed by atoms with Crippen molar-refractivity contribution in [3.05, 3.63) is 74.4 Å². The molecule has 2 aromatic carbocycles. The summed E-state index contributed by atoms with van der Waals surface area (Å²) in [5, 5.41) is 12.8. The van der Waals surface area contributed by atoms with Gasteiger partial charge in [-0.3, -0.25) is 9.59 Å². The number of pyridine rings is 1. The third kappa shape index (κ3) is 4.35. The fraction of sp³-hybridized carbons (Fsp3) is 0.238. The van der Waals surface area contributed by atoms with Crippen molar-refractivity contribution in [1.29, 1.82) is 0 Å². The van der Waals surface area contributed by atoms with Crippen LogP contribution in [0.2, 0.25) is 5.02 Å². The Bertz CT molecular complexity index is 1040. The van der Waals surface area contributed by atoms with E-state index in [1.54, 1.807) is 36.4 Å². The first-order valence-corrected chi connectivity index (χ1v) is 9.27. The average molecular weight is 401 g/mol. The predicted molar refractivity (Wildman–Crippen MR) is 109 cm³/mol. The molecule has 1 heterocycles. The zero-order valence-corrected chi connectivity index (χ0v) is 16.2. The molecule has 3 rings (SSSR count). The maximum absolute atomic E-state index is 13.0. The van der Waals surface area contributed by atoms with Gasteiger partial charge in [0.15, 0.2) is 0 Å². The van der Waals surface area contributed by atoms with Crippen molar-refractivity contribution in [1.82, 2.24) is 10.3 Å². The minimum Gasteiger partial charge on any atom is -0.482 e. The Morgan fingerprint density at radius 1 is 1.18 bits per heavy atom. The van der Waals surface area contributed by atoms with E-state index in [1.807, 2.05) is 6.07 Å². The number of benzene rings is 2. The van der Waals surface area contributed by atoms with E-state index in [2.05, 4.69) is 10.3 Å². The van der Waals surface area contributed by atoms with E-state index in [-0.39, 0.29) is 24.6 Å². The second-order valence-electron chi connectivity index (χ2n) is 6.38. The van der Waals surface area contributed by atoms with Gasteiger partial charge in [0.25, 0.3) is 5.91 Å². The maximum atomic E-state index is 13.0. The van der Waals surface area contributed by atoms with Gasteiger partial charge < -0.3 is 20.1 Å². The molecule has 1 amide bonds. The van der Waals surface area contributed by atoms with E-state index in [0.29, 0.717) is 28.8 Å². The van der Waals surface area contributed by atoms with E-state index in [1.165, 1.54) is 7.11 Å². The quantitative estimate of drug-likeness (QED) is 0.568. The van der Waals surface area contributed by atoms with Crippen LogP contribution in [-0.4, -0.2) is 29.7 Å². The second-order valence-corrected chi connectivity index (χ2v) is 6.82. The molecule has 1 aromatic heterocycles. The number of hydrogen-bond acceptors (Lipinski definition) is 4. The molecule has 0 unspecified atom stereocenters. The van der Waals surface area contributed by atoms with Gasteiger partial charge in [0.1, 0.15) is 5.56 Å². The largest absolute Gasteiger partial charge is 0.482 e. The summed E-state index contributed by atoms with van der Waals surface area (Å²) in [6, 6.07) is 12.5. The van der Waals surface area contributed by atoms with Crippen molar-refractivity contribution >= 4 is 28.4 Å². The monoisotopic (exact) mass is 400 g/mol. The van der Waals surface area contributed by atoms with Gasteiger partial charge in [0.05, 0.1) is 12.6 Å². The van der Waals surface area contributed by atoms with Crippen molar-refractivity contribution in [2.24, 2.45) is 0 Å². The number of aliphatic hydroxyl groups excluding tert-OH is 1. The molecular formula is C21H21ClN2O4. The summed E-state index contributed by atoms with van der Waals surface area (Å²) in [5.41, 5.74) is 1.90. The molecule has 0 radical (unpaired) electrons. The number of H-pyrrole nitrogens is 1. The summed E-state index contributed by atoms with van der Waals surface area (Å²) in [4.78, 5) is 28.7. The third-order valence-corrected chi connectivity index (χ3v) is 4.70. The van der Waals surface area contributed by atoms with Crippen molar-refractivity contribution in [3.8, 4) is 5.88 Å². The molecule has 0 aliphatic rings. The highest BCUT2D eigenvalue weighted by atomic mass is 35.5. The number of aliphatic hydroxyl groups is 1. The number of carbonyl (C=O) groups is 1. The lowest BCUT2D eigenvalue weighted by Gasteiger charge is -2.11. The summed E-state index contributed by atoms with van der Waals surface area (Å²) < 4.78 is 5.25. The lowest BCUT2D eigenvalue weighted by atomic mass is 10.0. The van der Waals surface area contributed by atoms with E-state index in [9.17, 15) is 9.59 Å². The summed E-state index contributed by atoms with van der Waals surface area (Å²) in [6.45, 7) is 0.336. The van der Waals surface area contributed by atoms with Crippen LogP contribution in [0.4, 0.5) is 0 Å². The van der Waals surface area contributed by atoms with Gasteiger partial charge in [0, 0.05) is 23.6 Å². The Morgan fingerprint density at radius 3 is 2.57 bits per heavy atom. The van der Waals surface area contributed by atoms with Crippen molar-refractivity contribution < 1.29 is 14.6 Å². The summed E-state index contributed by atoms with van der Waals surface area (Å²) in [6.07, 6.45) is 1.25. The Labute approximate surface area is 167 Å². The average Bonchev–Trinajstić information content (AvgIpc) is 2.71. The molecule has 0 spiro atoms. The zero-order valence-electron chi connectivity index (χ0n) is 15.4. The SMILES string of the molecule is COc1[nH]c2ccc(CCCO)cc2c(=O)c1C(=O)NCc1ccc(Cl)cc1. The van der Waals surface area contributed by atoms with Crippen LogP contribution >= 0.6 is 11.6 Å². The molecule has 3 aromatic rings. The van der Waals surface area contributed by atoms with Crippen LogP contribution < -0.4 is 15.5 Å². The minimum absolute atomic E-state index is 0.0664. The van der Waals surface area contributed by atoms with Crippen molar-refractivity contribution in [3.63, 3.8) is 0 Å². The molecule has 146 valence electrons. The number of aromatic amines is 1. The number of rotatable bonds is 7. The number of aromatic nitrogens is 1. The van der Waals surface area contributed by atoms with Crippen molar-refractivity contribution in [2.75, 3.05) is 13.7 Å². The minimum atomic E-state index is -0.518. The highest BCUT2D eigenvalue weighted by Crippen LogP contribution is 2.19. The first kappa shape index (κ1) is 19.9. The van der Waals surface area contributed by atoms with Crippen LogP contribution in [0.1, 0.15) is 27.9 Å². The number of fused-ring (bicyclic) bond motifs is 1. The standard InChI is InChI=1S/C21H21ClN2O4/c1-28-21-18(20(27)23-12-14-4-7-15(22)8-5-14)19(26)16-11-13(3-2-10-25)6-9-17(16)24-21/h4-9,11,25H,2-3,10,12H2,1H3,(H,23,27)(H,24,26). The number of hydrogen-bond donors (Lipinski definition) is 3. The van der Waals surface area contributed by atoms with Gasteiger partial charge in [-0.25, -0.2) is 0 Å². The smallest absolute Gasteiger partial charge is 0.261 e. The molecule has 0 saturated carbocycles. The van der Waals surface area contributed by atoms with Gasteiger partial charge in [-0.05, 0) is 48.2 Å². The molecule has 6 nitrogen and oxygen atoms in total. The van der Waals surface area contributed by atoms with Gasteiger partial charge >= 0.3 is 0 Å². The van der Waals surface area contributed by atoms with E-state index in [0.717, 1.165) is 11.1 Å². The zero-order chi connectivity index (χ0) is 20.1. The van der Waals surface area contributed by atoms with Gasteiger partial charge in [-0.2, -0.15) is 0 Å². The Balaban J connectivity index is 1.93. The third-order valence-electron chi connectivity index (χ3n) is 4.45. The number of methoxy groups -OCH3 is 1. The van der Waals surface area contributed by atoms with Crippen LogP contribution in [0.5, 0.6) is 5.88 Å².